The van der Waals surface area contributed by atoms with E-state index in [0.717, 1.165) is 12.8 Å². The zero-order valence-corrected chi connectivity index (χ0v) is 7.38. The van der Waals surface area contributed by atoms with Crippen molar-refractivity contribution in [1.82, 2.24) is 0 Å². The van der Waals surface area contributed by atoms with Crippen LogP contribution in [-0.4, -0.2) is 22.9 Å². The first kappa shape index (κ1) is 10.7. The molecule has 0 aliphatic rings. The van der Waals surface area contributed by atoms with Crippen LogP contribution >= 0.6 is 0 Å². The summed E-state index contributed by atoms with van der Waals surface area (Å²) in [5.41, 5.74) is -0.162. The van der Waals surface area contributed by atoms with Gasteiger partial charge in [-0.3, -0.25) is 0 Å². The average molecular weight is 158 g/mol. The largest absolute Gasteiger partial charge is 0.396 e. The Morgan fingerprint density at radius 3 is 2.45 bits per heavy atom. The van der Waals surface area contributed by atoms with Crippen molar-refractivity contribution < 1.29 is 10.2 Å². The highest BCUT2D eigenvalue weighted by molar-refractivity contribution is 4.89. The van der Waals surface area contributed by atoms with Gasteiger partial charge in [-0.05, 0) is 18.3 Å². The average Bonchev–Trinajstić information content (AvgIpc) is 1.99. The van der Waals surface area contributed by atoms with E-state index < -0.39 is 6.10 Å². The van der Waals surface area contributed by atoms with Gasteiger partial charge in [-0.2, -0.15) is 0 Å². The second-order valence-electron chi connectivity index (χ2n) is 3.50. The Hall–Kier alpha value is -0.340. The quantitative estimate of drug-likeness (QED) is 0.593. The predicted octanol–water partition coefficient (Wildman–Crippen LogP) is 1.33. The summed E-state index contributed by atoms with van der Waals surface area (Å²) in [5.74, 6) is 0. The van der Waals surface area contributed by atoms with Gasteiger partial charge in [0.05, 0.1) is 6.10 Å². The minimum atomic E-state index is -0.478. The molecule has 66 valence electrons. The van der Waals surface area contributed by atoms with E-state index in [1.165, 1.54) is 6.08 Å². The zero-order chi connectivity index (χ0) is 8.91. The molecule has 0 aromatic rings. The Bertz CT molecular complexity index is 119. The Morgan fingerprint density at radius 1 is 1.55 bits per heavy atom. The van der Waals surface area contributed by atoms with Crippen LogP contribution in [0.25, 0.3) is 0 Å². The van der Waals surface area contributed by atoms with Crippen molar-refractivity contribution >= 4 is 0 Å². The Balaban J connectivity index is 3.87. The van der Waals surface area contributed by atoms with Crippen LogP contribution in [0, 0.1) is 5.41 Å². The molecular formula is C9H18O2. The van der Waals surface area contributed by atoms with Crippen molar-refractivity contribution in [2.24, 2.45) is 5.41 Å². The van der Waals surface area contributed by atoms with Gasteiger partial charge in [0, 0.05) is 6.61 Å². The summed E-state index contributed by atoms with van der Waals surface area (Å²) in [7, 11) is 0. The van der Waals surface area contributed by atoms with Gasteiger partial charge in [-0.1, -0.05) is 19.9 Å². The Kier molecular flexibility index (Phi) is 4.38. The molecule has 11 heavy (non-hydrogen) atoms. The van der Waals surface area contributed by atoms with E-state index in [2.05, 4.69) is 6.58 Å². The lowest BCUT2D eigenvalue weighted by molar-refractivity contribution is 0.0771. The van der Waals surface area contributed by atoms with Gasteiger partial charge in [0.2, 0.25) is 0 Å². The molecule has 0 saturated heterocycles. The van der Waals surface area contributed by atoms with Gasteiger partial charge < -0.3 is 10.2 Å². The van der Waals surface area contributed by atoms with Crippen molar-refractivity contribution in [1.29, 1.82) is 0 Å². The highest BCUT2D eigenvalue weighted by Gasteiger charge is 2.24. The molecule has 0 heterocycles. The lowest BCUT2D eigenvalue weighted by Crippen LogP contribution is -2.27. The summed E-state index contributed by atoms with van der Waals surface area (Å²) in [4.78, 5) is 0. The summed E-state index contributed by atoms with van der Waals surface area (Å²) in [5, 5.41) is 18.0. The molecular weight excluding hydrogens is 140 g/mol. The SMILES string of the molecule is C=CC(O)C(C)(C)CCCO. The fraction of sp³-hybridized carbons (Fsp3) is 0.778. The second kappa shape index (κ2) is 4.52. The monoisotopic (exact) mass is 158 g/mol. The first-order chi connectivity index (χ1) is 5.04. The third kappa shape index (κ3) is 3.54. The van der Waals surface area contributed by atoms with Gasteiger partial charge in [0.15, 0.2) is 0 Å². The first-order valence-corrected chi connectivity index (χ1v) is 3.96. The molecule has 1 atom stereocenters. The van der Waals surface area contributed by atoms with Gasteiger partial charge in [0.1, 0.15) is 0 Å². The minimum Gasteiger partial charge on any atom is -0.396 e. The maximum atomic E-state index is 9.41. The molecule has 0 aliphatic carbocycles. The van der Waals surface area contributed by atoms with Crippen molar-refractivity contribution in [3.8, 4) is 0 Å². The molecule has 0 aliphatic heterocycles. The van der Waals surface area contributed by atoms with Crippen molar-refractivity contribution in [2.75, 3.05) is 6.61 Å². The molecule has 2 nitrogen and oxygen atoms in total. The van der Waals surface area contributed by atoms with E-state index in [1.54, 1.807) is 0 Å². The molecule has 0 aromatic carbocycles. The number of aliphatic hydroxyl groups is 2. The second-order valence-corrected chi connectivity index (χ2v) is 3.50. The molecule has 0 spiro atoms. The maximum Gasteiger partial charge on any atom is 0.0769 e. The highest BCUT2D eigenvalue weighted by Crippen LogP contribution is 2.27. The number of aliphatic hydroxyl groups excluding tert-OH is 2. The lowest BCUT2D eigenvalue weighted by Gasteiger charge is -2.27. The topological polar surface area (TPSA) is 40.5 Å². The Morgan fingerprint density at radius 2 is 2.09 bits per heavy atom. The molecule has 2 N–H and O–H groups in total. The van der Waals surface area contributed by atoms with Gasteiger partial charge in [-0.15, -0.1) is 6.58 Å². The number of hydrogen-bond acceptors (Lipinski definition) is 2. The predicted molar refractivity (Wildman–Crippen MR) is 46.3 cm³/mol. The van der Waals surface area contributed by atoms with Crippen LogP contribution in [0.2, 0.25) is 0 Å². The maximum absolute atomic E-state index is 9.41. The summed E-state index contributed by atoms with van der Waals surface area (Å²) >= 11 is 0. The molecule has 0 fully saturated rings. The molecule has 0 rings (SSSR count). The minimum absolute atomic E-state index is 0.162. The van der Waals surface area contributed by atoms with Crippen molar-refractivity contribution in [3.63, 3.8) is 0 Å². The van der Waals surface area contributed by atoms with Gasteiger partial charge in [-0.25, -0.2) is 0 Å². The van der Waals surface area contributed by atoms with E-state index in [0.29, 0.717) is 0 Å². The normalized spacial score (nSPS) is 14.5. The fourth-order valence-corrected chi connectivity index (χ4v) is 1.00. The van der Waals surface area contributed by atoms with E-state index in [9.17, 15) is 5.11 Å². The summed E-state index contributed by atoms with van der Waals surface area (Å²) < 4.78 is 0. The van der Waals surface area contributed by atoms with E-state index in [4.69, 9.17) is 5.11 Å². The van der Waals surface area contributed by atoms with E-state index in [-0.39, 0.29) is 12.0 Å². The third-order valence-corrected chi connectivity index (χ3v) is 2.00. The summed E-state index contributed by atoms with van der Waals surface area (Å²) in [6, 6.07) is 0. The fourth-order valence-electron chi connectivity index (χ4n) is 1.00. The van der Waals surface area contributed by atoms with Crippen LogP contribution in [0.4, 0.5) is 0 Å². The van der Waals surface area contributed by atoms with Crippen LogP contribution < -0.4 is 0 Å². The van der Waals surface area contributed by atoms with E-state index >= 15 is 0 Å². The number of hydrogen-bond donors (Lipinski definition) is 2. The van der Waals surface area contributed by atoms with Crippen LogP contribution in [0.1, 0.15) is 26.7 Å². The molecule has 1 unspecified atom stereocenters. The van der Waals surface area contributed by atoms with E-state index in [1.807, 2.05) is 13.8 Å². The highest BCUT2D eigenvalue weighted by atomic mass is 16.3. The van der Waals surface area contributed by atoms with Gasteiger partial charge >= 0.3 is 0 Å². The zero-order valence-electron chi connectivity index (χ0n) is 7.38. The van der Waals surface area contributed by atoms with Crippen molar-refractivity contribution in [3.05, 3.63) is 12.7 Å². The molecule has 0 aromatic heterocycles. The number of rotatable bonds is 5. The lowest BCUT2D eigenvalue weighted by atomic mass is 9.82. The van der Waals surface area contributed by atoms with Crippen LogP contribution in [0.15, 0.2) is 12.7 Å². The van der Waals surface area contributed by atoms with Crippen LogP contribution in [-0.2, 0) is 0 Å². The molecule has 0 saturated carbocycles. The first-order valence-electron chi connectivity index (χ1n) is 3.96. The van der Waals surface area contributed by atoms with Gasteiger partial charge in [0.25, 0.3) is 0 Å². The molecule has 0 amide bonds. The Labute approximate surface area is 68.6 Å². The third-order valence-electron chi connectivity index (χ3n) is 2.00. The summed E-state index contributed by atoms with van der Waals surface area (Å²) in [6.07, 6.45) is 2.61. The van der Waals surface area contributed by atoms with Crippen molar-refractivity contribution in [2.45, 2.75) is 32.8 Å². The smallest absolute Gasteiger partial charge is 0.0769 e. The molecule has 0 bridgehead atoms. The standard InChI is InChI=1S/C9H18O2/c1-4-8(11)9(2,3)6-5-7-10/h4,8,10-11H,1,5-7H2,2-3H3. The summed E-state index contributed by atoms with van der Waals surface area (Å²) in [6.45, 7) is 7.64. The molecule has 2 heteroatoms. The molecule has 0 radical (unpaired) electrons. The van der Waals surface area contributed by atoms with Crippen LogP contribution in [0.5, 0.6) is 0 Å². The van der Waals surface area contributed by atoms with Crippen LogP contribution in [0.3, 0.4) is 0 Å².